The van der Waals surface area contributed by atoms with Gasteiger partial charge in [0.05, 0.1) is 12.7 Å². The van der Waals surface area contributed by atoms with Gasteiger partial charge in [-0.2, -0.15) is 5.10 Å². The molecular formula is C15H17N5S. The summed E-state index contributed by atoms with van der Waals surface area (Å²) in [6, 6.07) is 10.2. The number of nitrogens with zero attached hydrogens (tertiary/aromatic N) is 4. The molecular weight excluding hydrogens is 282 g/mol. The molecule has 0 atom stereocenters. The molecule has 0 saturated heterocycles. The van der Waals surface area contributed by atoms with Crippen molar-refractivity contribution in [3.63, 3.8) is 0 Å². The highest BCUT2D eigenvalue weighted by molar-refractivity contribution is 7.15. The van der Waals surface area contributed by atoms with E-state index < -0.39 is 0 Å². The number of hydrogen-bond donors (Lipinski definition) is 1. The van der Waals surface area contributed by atoms with Crippen LogP contribution < -0.4 is 5.32 Å². The first kappa shape index (κ1) is 13.8. The van der Waals surface area contributed by atoms with Crippen molar-refractivity contribution in [1.82, 2.24) is 20.0 Å². The maximum Gasteiger partial charge on any atom is 0.205 e. The highest BCUT2D eigenvalue weighted by Gasteiger charge is 2.06. The van der Waals surface area contributed by atoms with Gasteiger partial charge in [-0.15, -0.1) is 10.2 Å². The van der Waals surface area contributed by atoms with E-state index in [0.717, 1.165) is 28.7 Å². The third kappa shape index (κ3) is 3.46. The molecule has 2 aromatic heterocycles. The number of rotatable bonds is 6. The number of aromatic nitrogens is 4. The Bertz CT molecular complexity index is 689. The van der Waals surface area contributed by atoms with Crippen LogP contribution in [0, 0.1) is 0 Å². The van der Waals surface area contributed by atoms with Crippen LogP contribution in [-0.4, -0.2) is 26.5 Å². The molecule has 0 saturated carbocycles. The number of nitrogens with one attached hydrogen (secondary N) is 1. The quantitative estimate of drug-likeness (QED) is 0.759. The Morgan fingerprint density at radius 3 is 2.81 bits per heavy atom. The van der Waals surface area contributed by atoms with Crippen molar-refractivity contribution < 1.29 is 0 Å². The molecule has 0 unspecified atom stereocenters. The van der Waals surface area contributed by atoms with E-state index in [1.807, 2.05) is 35.3 Å². The lowest BCUT2D eigenvalue weighted by atomic mass is 10.1. The predicted octanol–water partition coefficient (Wildman–Crippen LogP) is 3.27. The fourth-order valence-corrected chi connectivity index (χ4v) is 2.75. The number of anilines is 1. The van der Waals surface area contributed by atoms with Crippen molar-refractivity contribution >= 4 is 16.5 Å². The molecule has 0 aliphatic heterocycles. The van der Waals surface area contributed by atoms with Gasteiger partial charge in [-0.05, 0) is 12.0 Å². The monoisotopic (exact) mass is 299 g/mol. The van der Waals surface area contributed by atoms with E-state index in [9.17, 15) is 0 Å². The molecule has 0 spiro atoms. The second kappa shape index (κ2) is 6.49. The van der Waals surface area contributed by atoms with Crippen molar-refractivity contribution in [3.8, 4) is 11.1 Å². The Kier molecular flexibility index (Phi) is 4.25. The molecule has 3 rings (SSSR count). The molecule has 0 amide bonds. The summed E-state index contributed by atoms with van der Waals surface area (Å²) in [5.41, 5.74) is 2.29. The molecule has 3 aromatic rings. The van der Waals surface area contributed by atoms with Gasteiger partial charge < -0.3 is 5.32 Å². The fraction of sp³-hybridized carbons (Fsp3) is 0.267. The Balaban J connectivity index is 1.68. The first-order chi connectivity index (χ1) is 10.3. The third-order valence-corrected chi connectivity index (χ3v) is 3.90. The minimum atomic E-state index is 0.651. The highest BCUT2D eigenvalue weighted by atomic mass is 32.1. The average Bonchev–Trinajstić information content (AvgIpc) is 3.16. The van der Waals surface area contributed by atoms with Gasteiger partial charge in [0, 0.05) is 18.3 Å². The van der Waals surface area contributed by atoms with Gasteiger partial charge >= 0.3 is 0 Å². The molecule has 5 nitrogen and oxygen atoms in total. The molecule has 1 aromatic carbocycles. The van der Waals surface area contributed by atoms with Crippen LogP contribution >= 0.6 is 11.3 Å². The topological polar surface area (TPSA) is 55.6 Å². The molecule has 0 bridgehead atoms. The standard InChI is InChI=1S/C15H17N5S/c1-2-8-16-15-19-18-14(21-15)11-20-10-13(9-17-20)12-6-4-3-5-7-12/h3-7,9-10H,2,8,11H2,1H3,(H,16,19). The van der Waals surface area contributed by atoms with Gasteiger partial charge in [0.15, 0.2) is 0 Å². The summed E-state index contributed by atoms with van der Waals surface area (Å²) >= 11 is 1.58. The van der Waals surface area contributed by atoms with E-state index >= 15 is 0 Å². The van der Waals surface area contributed by atoms with E-state index in [1.165, 1.54) is 5.56 Å². The lowest BCUT2D eigenvalue weighted by Gasteiger charge is -1.97. The summed E-state index contributed by atoms with van der Waals surface area (Å²) < 4.78 is 1.90. The van der Waals surface area contributed by atoms with E-state index in [4.69, 9.17) is 0 Å². The molecule has 21 heavy (non-hydrogen) atoms. The maximum absolute atomic E-state index is 4.39. The molecule has 0 aliphatic carbocycles. The van der Waals surface area contributed by atoms with Gasteiger partial charge in [-0.1, -0.05) is 48.6 Å². The van der Waals surface area contributed by atoms with Gasteiger partial charge in [-0.25, -0.2) is 0 Å². The van der Waals surface area contributed by atoms with Gasteiger partial charge in [-0.3, -0.25) is 4.68 Å². The normalized spacial score (nSPS) is 10.7. The van der Waals surface area contributed by atoms with Crippen LogP contribution in [0.5, 0.6) is 0 Å². The summed E-state index contributed by atoms with van der Waals surface area (Å²) in [7, 11) is 0. The maximum atomic E-state index is 4.39. The molecule has 108 valence electrons. The van der Waals surface area contributed by atoms with Crippen molar-refractivity contribution in [2.75, 3.05) is 11.9 Å². The van der Waals surface area contributed by atoms with E-state index in [1.54, 1.807) is 11.3 Å². The third-order valence-electron chi connectivity index (χ3n) is 3.03. The molecule has 2 heterocycles. The zero-order valence-electron chi connectivity index (χ0n) is 11.9. The first-order valence-corrected chi connectivity index (χ1v) is 7.81. The summed E-state index contributed by atoms with van der Waals surface area (Å²) in [5.74, 6) is 0. The Labute approximate surface area is 127 Å². The van der Waals surface area contributed by atoms with Crippen LogP contribution in [0.1, 0.15) is 18.4 Å². The van der Waals surface area contributed by atoms with Crippen molar-refractivity contribution in [3.05, 3.63) is 47.7 Å². The van der Waals surface area contributed by atoms with Crippen LogP contribution in [0.15, 0.2) is 42.7 Å². The Morgan fingerprint density at radius 1 is 1.14 bits per heavy atom. The van der Waals surface area contributed by atoms with Gasteiger partial charge in [0.1, 0.15) is 5.01 Å². The summed E-state index contributed by atoms with van der Waals surface area (Å²) in [6.07, 6.45) is 5.00. The molecule has 6 heteroatoms. The van der Waals surface area contributed by atoms with Crippen LogP contribution in [0.2, 0.25) is 0 Å². The summed E-state index contributed by atoms with van der Waals surface area (Å²) in [4.78, 5) is 0. The van der Waals surface area contributed by atoms with E-state index in [2.05, 4.69) is 39.7 Å². The van der Waals surface area contributed by atoms with Crippen molar-refractivity contribution in [2.24, 2.45) is 0 Å². The molecule has 0 fully saturated rings. The van der Waals surface area contributed by atoms with Crippen LogP contribution in [-0.2, 0) is 6.54 Å². The van der Waals surface area contributed by atoms with Gasteiger partial charge in [0.2, 0.25) is 5.13 Å². The van der Waals surface area contributed by atoms with Gasteiger partial charge in [0.25, 0.3) is 0 Å². The van der Waals surface area contributed by atoms with Crippen LogP contribution in [0.25, 0.3) is 11.1 Å². The number of hydrogen-bond acceptors (Lipinski definition) is 5. The zero-order chi connectivity index (χ0) is 14.5. The Morgan fingerprint density at radius 2 is 2.00 bits per heavy atom. The van der Waals surface area contributed by atoms with Crippen molar-refractivity contribution in [2.45, 2.75) is 19.9 Å². The fourth-order valence-electron chi connectivity index (χ4n) is 1.99. The molecule has 0 radical (unpaired) electrons. The molecule has 1 N–H and O–H groups in total. The number of benzene rings is 1. The zero-order valence-corrected chi connectivity index (χ0v) is 12.7. The van der Waals surface area contributed by atoms with E-state index in [-0.39, 0.29) is 0 Å². The molecule has 0 aliphatic rings. The smallest absolute Gasteiger partial charge is 0.205 e. The highest BCUT2D eigenvalue weighted by Crippen LogP contribution is 2.20. The second-order valence-electron chi connectivity index (χ2n) is 4.72. The van der Waals surface area contributed by atoms with E-state index in [0.29, 0.717) is 6.54 Å². The lowest BCUT2D eigenvalue weighted by Crippen LogP contribution is -1.99. The Hall–Kier alpha value is -2.21. The summed E-state index contributed by atoms with van der Waals surface area (Å²) in [5, 5.41) is 17.8. The van der Waals surface area contributed by atoms with Crippen LogP contribution in [0.3, 0.4) is 0 Å². The predicted molar refractivity (Wildman–Crippen MR) is 85.5 cm³/mol. The SMILES string of the molecule is CCCNc1nnc(Cn2cc(-c3ccccc3)cn2)s1. The second-order valence-corrected chi connectivity index (χ2v) is 5.78. The minimum Gasteiger partial charge on any atom is -0.360 e. The largest absolute Gasteiger partial charge is 0.360 e. The first-order valence-electron chi connectivity index (χ1n) is 6.99. The average molecular weight is 299 g/mol. The summed E-state index contributed by atoms with van der Waals surface area (Å²) in [6.45, 7) is 3.71. The van der Waals surface area contributed by atoms with Crippen molar-refractivity contribution in [1.29, 1.82) is 0 Å². The minimum absolute atomic E-state index is 0.651. The lowest BCUT2D eigenvalue weighted by molar-refractivity contribution is 0.677. The van der Waals surface area contributed by atoms with Crippen LogP contribution in [0.4, 0.5) is 5.13 Å².